The van der Waals surface area contributed by atoms with Crippen LogP contribution >= 0.6 is 0 Å². The summed E-state index contributed by atoms with van der Waals surface area (Å²) in [6.07, 6.45) is 5.47. The molecule has 4 nitrogen and oxygen atoms in total. The lowest BCUT2D eigenvalue weighted by Gasteiger charge is -2.17. The maximum Gasteiger partial charge on any atom is 0.144 e. The second-order valence-corrected chi connectivity index (χ2v) is 3.66. The molecule has 0 aromatic carbocycles. The van der Waals surface area contributed by atoms with Crippen LogP contribution in [-0.2, 0) is 6.54 Å². The van der Waals surface area contributed by atoms with Crippen molar-refractivity contribution in [3.8, 4) is 0 Å². The predicted octanol–water partition coefficient (Wildman–Crippen LogP) is 1.56. The molecule has 0 atom stereocenters. The predicted molar refractivity (Wildman–Crippen MR) is 62.7 cm³/mol. The van der Waals surface area contributed by atoms with Crippen molar-refractivity contribution in [2.24, 2.45) is 5.73 Å². The Morgan fingerprint density at radius 1 is 1.40 bits per heavy atom. The molecule has 0 saturated carbocycles. The van der Waals surface area contributed by atoms with Gasteiger partial charge in [-0.25, -0.2) is 9.97 Å². The molecule has 0 aliphatic heterocycles. The van der Waals surface area contributed by atoms with Gasteiger partial charge in [-0.15, -0.1) is 0 Å². The second-order valence-electron chi connectivity index (χ2n) is 3.66. The van der Waals surface area contributed by atoms with E-state index >= 15 is 0 Å². The molecule has 0 aliphatic rings. The third-order valence-electron chi connectivity index (χ3n) is 2.36. The molecule has 0 spiro atoms. The molecule has 0 unspecified atom stereocenters. The van der Waals surface area contributed by atoms with E-state index in [1.807, 2.05) is 6.07 Å². The average Bonchev–Trinajstić information content (AvgIpc) is 2.29. The topological polar surface area (TPSA) is 55.0 Å². The van der Waals surface area contributed by atoms with Gasteiger partial charge in [0.25, 0.3) is 0 Å². The summed E-state index contributed by atoms with van der Waals surface area (Å²) in [6, 6.07) is 1.92. The molecule has 1 rings (SSSR count). The lowest BCUT2D eigenvalue weighted by atomic mass is 10.2. The molecule has 1 aromatic rings. The smallest absolute Gasteiger partial charge is 0.144 e. The molecule has 15 heavy (non-hydrogen) atoms. The van der Waals surface area contributed by atoms with Gasteiger partial charge >= 0.3 is 0 Å². The van der Waals surface area contributed by atoms with Gasteiger partial charge in [0.2, 0.25) is 0 Å². The van der Waals surface area contributed by atoms with Crippen molar-refractivity contribution in [1.82, 2.24) is 9.97 Å². The molecule has 2 N–H and O–H groups in total. The number of hydrogen-bond donors (Lipinski definition) is 1. The van der Waals surface area contributed by atoms with Gasteiger partial charge in [-0.1, -0.05) is 19.8 Å². The first-order chi connectivity index (χ1) is 7.27. The highest BCUT2D eigenvalue weighted by molar-refractivity contribution is 5.35. The zero-order valence-corrected chi connectivity index (χ0v) is 9.61. The molecule has 0 fully saturated rings. The summed E-state index contributed by atoms with van der Waals surface area (Å²) in [7, 11) is 2.05. The van der Waals surface area contributed by atoms with E-state index in [4.69, 9.17) is 5.73 Å². The van der Waals surface area contributed by atoms with E-state index in [-0.39, 0.29) is 0 Å². The minimum absolute atomic E-state index is 0.399. The fourth-order valence-electron chi connectivity index (χ4n) is 1.41. The lowest BCUT2D eigenvalue weighted by molar-refractivity contribution is 0.699. The molecule has 0 saturated heterocycles. The van der Waals surface area contributed by atoms with E-state index < -0.39 is 0 Å². The molecule has 1 aromatic heterocycles. The molecular formula is C11H20N4. The SMILES string of the molecule is CCCCCN(C)c1ccnc(CN)n1. The first-order valence-electron chi connectivity index (χ1n) is 5.51. The first kappa shape index (κ1) is 11.9. The van der Waals surface area contributed by atoms with Crippen LogP contribution in [0.2, 0.25) is 0 Å². The zero-order chi connectivity index (χ0) is 11.1. The molecule has 0 radical (unpaired) electrons. The average molecular weight is 208 g/mol. The molecule has 0 bridgehead atoms. The van der Waals surface area contributed by atoms with Crippen molar-refractivity contribution < 1.29 is 0 Å². The number of anilines is 1. The van der Waals surface area contributed by atoms with Crippen LogP contribution in [0, 0.1) is 0 Å². The summed E-state index contributed by atoms with van der Waals surface area (Å²) in [5, 5.41) is 0. The molecule has 4 heteroatoms. The number of rotatable bonds is 6. The quantitative estimate of drug-likeness (QED) is 0.721. The van der Waals surface area contributed by atoms with E-state index in [0.29, 0.717) is 12.4 Å². The molecule has 0 aliphatic carbocycles. The Bertz CT molecular complexity index is 288. The highest BCUT2D eigenvalue weighted by Crippen LogP contribution is 2.08. The minimum atomic E-state index is 0.399. The van der Waals surface area contributed by atoms with Crippen molar-refractivity contribution in [3.63, 3.8) is 0 Å². The number of aromatic nitrogens is 2. The Labute approximate surface area is 91.5 Å². The van der Waals surface area contributed by atoms with Gasteiger partial charge in [-0.3, -0.25) is 0 Å². The van der Waals surface area contributed by atoms with Gasteiger partial charge in [0.1, 0.15) is 11.6 Å². The summed E-state index contributed by atoms with van der Waals surface area (Å²) in [4.78, 5) is 10.6. The Hall–Kier alpha value is -1.16. The van der Waals surface area contributed by atoms with Crippen molar-refractivity contribution in [2.75, 3.05) is 18.5 Å². The van der Waals surface area contributed by atoms with Gasteiger partial charge < -0.3 is 10.6 Å². The monoisotopic (exact) mass is 208 g/mol. The van der Waals surface area contributed by atoms with Crippen LogP contribution in [0.15, 0.2) is 12.3 Å². The van der Waals surface area contributed by atoms with Gasteiger partial charge in [0.05, 0.1) is 6.54 Å². The number of nitrogens with two attached hydrogens (primary N) is 1. The third kappa shape index (κ3) is 3.83. The molecule has 84 valence electrons. The van der Waals surface area contributed by atoms with Crippen molar-refractivity contribution >= 4 is 5.82 Å². The maximum absolute atomic E-state index is 5.50. The Kier molecular flexibility index (Phi) is 5.04. The lowest BCUT2D eigenvalue weighted by Crippen LogP contribution is -2.20. The minimum Gasteiger partial charge on any atom is -0.360 e. The van der Waals surface area contributed by atoms with E-state index in [1.54, 1.807) is 6.20 Å². The van der Waals surface area contributed by atoms with Crippen LogP contribution < -0.4 is 10.6 Å². The molecule has 1 heterocycles. The van der Waals surface area contributed by atoms with Crippen molar-refractivity contribution in [3.05, 3.63) is 18.1 Å². The standard InChI is InChI=1S/C11H20N4/c1-3-4-5-8-15(2)11-6-7-13-10(9-12)14-11/h6-7H,3-5,8-9,12H2,1-2H3. The fraction of sp³-hybridized carbons (Fsp3) is 0.636. The summed E-state index contributed by atoms with van der Waals surface area (Å²) in [6.45, 7) is 3.64. The first-order valence-corrected chi connectivity index (χ1v) is 5.51. The van der Waals surface area contributed by atoms with Crippen LogP contribution in [0.25, 0.3) is 0 Å². The van der Waals surface area contributed by atoms with Gasteiger partial charge in [-0.2, -0.15) is 0 Å². The Morgan fingerprint density at radius 3 is 2.87 bits per heavy atom. The van der Waals surface area contributed by atoms with E-state index in [9.17, 15) is 0 Å². The Morgan fingerprint density at radius 2 is 2.20 bits per heavy atom. The number of hydrogen-bond acceptors (Lipinski definition) is 4. The maximum atomic E-state index is 5.50. The van der Waals surface area contributed by atoms with Gasteiger partial charge in [0, 0.05) is 19.8 Å². The van der Waals surface area contributed by atoms with Crippen molar-refractivity contribution in [1.29, 1.82) is 0 Å². The van der Waals surface area contributed by atoms with E-state index in [0.717, 1.165) is 12.4 Å². The second kappa shape index (κ2) is 6.35. The van der Waals surface area contributed by atoms with Crippen LogP contribution in [0.5, 0.6) is 0 Å². The number of unbranched alkanes of at least 4 members (excludes halogenated alkanes) is 2. The van der Waals surface area contributed by atoms with Crippen molar-refractivity contribution in [2.45, 2.75) is 32.7 Å². The highest BCUT2D eigenvalue weighted by atomic mass is 15.2. The summed E-state index contributed by atoms with van der Waals surface area (Å²) in [5.74, 6) is 1.66. The summed E-state index contributed by atoms with van der Waals surface area (Å²) >= 11 is 0. The normalized spacial score (nSPS) is 10.3. The highest BCUT2D eigenvalue weighted by Gasteiger charge is 2.02. The van der Waals surface area contributed by atoms with E-state index in [2.05, 4.69) is 28.8 Å². The molecular weight excluding hydrogens is 188 g/mol. The van der Waals surface area contributed by atoms with Crippen LogP contribution in [0.3, 0.4) is 0 Å². The largest absolute Gasteiger partial charge is 0.360 e. The van der Waals surface area contributed by atoms with Crippen LogP contribution in [-0.4, -0.2) is 23.6 Å². The van der Waals surface area contributed by atoms with Gasteiger partial charge in [0.15, 0.2) is 0 Å². The van der Waals surface area contributed by atoms with Gasteiger partial charge in [-0.05, 0) is 12.5 Å². The summed E-state index contributed by atoms with van der Waals surface area (Å²) < 4.78 is 0. The number of nitrogens with zero attached hydrogens (tertiary/aromatic N) is 3. The molecule has 0 amide bonds. The van der Waals surface area contributed by atoms with E-state index in [1.165, 1.54) is 19.3 Å². The summed E-state index contributed by atoms with van der Waals surface area (Å²) in [5.41, 5.74) is 5.50. The third-order valence-corrected chi connectivity index (χ3v) is 2.36. The fourth-order valence-corrected chi connectivity index (χ4v) is 1.41. The zero-order valence-electron chi connectivity index (χ0n) is 9.61. The van der Waals surface area contributed by atoms with Crippen LogP contribution in [0.1, 0.15) is 32.0 Å². The Balaban J connectivity index is 2.52. The van der Waals surface area contributed by atoms with Crippen LogP contribution in [0.4, 0.5) is 5.82 Å².